The van der Waals surface area contributed by atoms with Crippen molar-refractivity contribution in [2.45, 2.75) is 38.7 Å². The Morgan fingerprint density at radius 1 is 1.22 bits per heavy atom. The van der Waals surface area contributed by atoms with Crippen LogP contribution >= 0.6 is 0 Å². The molecule has 2 aliphatic heterocycles. The molecule has 0 aliphatic carbocycles. The summed E-state index contributed by atoms with van der Waals surface area (Å²) in [6, 6.07) is 9.38. The molecule has 32 heavy (non-hydrogen) atoms. The third-order valence-electron chi connectivity index (χ3n) is 5.86. The number of carbonyl (C=O) groups is 2. The molecule has 1 saturated heterocycles. The summed E-state index contributed by atoms with van der Waals surface area (Å²) in [6.45, 7) is 5.98. The number of ether oxygens (including phenoxy) is 2. The number of amides is 2. The molecule has 0 saturated carbocycles. The number of likely N-dealkylation sites (tertiary alicyclic amines) is 1. The van der Waals surface area contributed by atoms with Gasteiger partial charge in [0.05, 0.1) is 6.26 Å². The maximum Gasteiger partial charge on any atom is 0.257 e. The molecule has 0 spiro atoms. The van der Waals surface area contributed by atoms with Gasteiger partial charge in [0, 0.05) is 37.7 Å². The molecule has 1 aromatic heterocycles. The van der Waals surface area contributed by atoms with Crippen molar-refractivity contribution in [2.24, 2.45) is 5.92 Å². The van der Waals surface area contributed by atoms with Gasteiger partial charge in [-0.1, -0.05) is 12.1 Å². The smallest absolute Gasteiger partial charge is 0.257 e. The zero-order valence-corrected chi connectivity index (χ0v) is 18.6. The summed E-state index contributed by atoms with van der Waals surface area (Å²) in [5.74, 6) is 2.19. The minimum atomic E-state index is -0.255. The summed E-state index contributed by atoms with van der Waals surface area (Å²) in [7, 11) is 0. The van der Waals surface area contributed by atoms with E-state index in [1.54, 1.807) is 30.5 Å². The van der Waals surface area contributed by atoms with Crippen LogP contribution in [-0.2, 0) is 16.0 Å². The Bertz CT molecular complexity index is 972. The molecule has 0 atom stereocenters. The van der Waals surface area contributed by atoms with Gasteiger partial charge in [0.15, 0.2) is 18.1 Å². The number of fused-ring (bicyclic) bond motifs is 1. The first-order valence-corrected chi connectivity index (χ1v) is 11.1. The lowest BCUT2D eigenvalue weighted by Gasteiger charge is -2.31. The SMILES string of the molecule is CC1(C)Cc2cccc(OCC(=O)NCC3CCN(C(=O)/C=C/c4ccco4)CC3)c2O1. The van der Waals surface area contributed by atoms with Gasteiger partial charge in [-0.25, -0.2) is 0 Å². The molecule has 0 radical (unpaired) electrons. The first-order chi connectivity index (χ1) is 15.4. The van der Waals surface area contributed by atoms with Crippen LogP contribution in [0, 0.1) is 5.92 Å². The van der Waals surface area contributed by atoms with Gasteiger partial charge in [0.2, 0.25) is 5.91 Å². The summed E-state index contributed by atoms with van der Waals surface area (Å²) in [5, 5.41) is 2.96. The molecule has 1 aromatic carbocycles. The third kappa shape index (κ3) is 5.52. The van der Waals surface area contributed by atoms with E-state index in [0.29, 0.717) is 37.1 Å². The van der Waals surface area contributed by atoms with Crippen molar-refractivity contribution in [3.05, 3.63) is 54.0 Å². The summed E-state index contributed by atoms with van der Waals surface area (Å²) >= 11 is 0. The molecular formula is C25H30N2O5. The Morgan fingerprint density at radius 2 is 2.03 bits per heavy atom. The predicted octanol–water partition coefficient (Wildman–Crippen LogP) is 3.44. The van der Waals surface area contributed by atoms with E-state index in [0.717, 1.165) is 30.6 Å². The number of hydrogen-bond acceptors (Lipinski definition) is 5. The number of furan rings is 1. The van der Waals surface area contributed by atoms with Crippen LogP contribution in [0.2, 0.25) is 0 Å². The van der Waals surface area contributed by atoms with E-state index >= 15 is 0 Å². The van der Waals surface area contributed by atoms with Crippen LogP contribution in [0.1, 0.15) is 38.0 Å². The zero-order chi connectivity index (χ0) is 22.6. The first kappa shape index (κ1) is 22.0. The van der Waals surface area contributed by atoms with Crippen LogP contribution in [-0.4, -0.2) is 48.6 Å². The van der Waals surface area contributed by atoms with E-state index in [9.17, 15) is 9.59 Å². The second-order valence-electron chi connectivity index (χ2n) is 8.99. The quantitative estimate of drug-likeness (QED) is 0.670. The van der Waals surface area contributed by atoms with Crippen LogP contribution in [0.25, 0.3) is 6.08 Å². The monoisotopic (exact) mass is 438 g/mol. The Balaban J connectivity index is 1.17. The van der Waals surface area contributed by atoms with Crippen LogP contribution in [0.5, 0.6) is 11.5 Å². The second kappa shape index (κ2) is 9.51. The van der Waals surface area contributed by atoms with Gasteiger partial charge in [-0.2, -0.15) is 0 Å². The molecule has 2 aromatic rings. The Labute approximate surface area is 188 Å². The van der Waals surface area contributed by atoms with E-state index < -0.39 is 0 Å². The number of para-hydroxylation sites is 1. The fraction of sp³-hybridized carbons (Fsp3) is 0.440. The number of rotatable bonds is 7. The van der Waals surface area contributed by atoms with Crippen molar-refractivity contribution in [2.75, 3.05) is 26.2 Å². The van der Waals surface area contributed by atoms with Crippen LogP contribution in [0.15, 0.2) is 47.1 Å². The molecule has 7 nitrogen and oxygen atoms in total. The van der Waals surface area contributed by atoms with Gasteiger partial charge in [-0.15, -0.1) is 0 Å². The van der Waals surface area contributed by atoms with E-state index in [1.807, 2.05) is 36.9 Å². The van der Waals surface area contributed by atoms with Crippen molar-refractivity contribution in [3.63, 3.8) is 0 Å². The van der Waals surface area contributed by atoms with E-state index in [4.69, 9.17) is 13.9 Å². The van der Waals surface area contributed by atoms with Crippen molar-refractivity contribution in [3.8, 4) is 11.5 Å². The van der Waals surface area contributed by atoms with E-state index in [1.165, 1.54) is 0 Å². The van der Waals surface area contributed by atoms with Crippen molar-refractivity contribution < 1.29 is 23.5 Å². The largest absolute Gasteiger partial charge is 0.483 e. The highest BCUT2D eigenvalue weighted by Gasteiger charge is 2.32. The highest BCUT2D eigenvalue weighted by molar-refractivity contribution is 5.91. The van der Waals surface area contributed by atoms with Crippen molar-refractivity contribution in [1.82, 2.24) is 10.2 Å². The minimum Gasteiger partial charge on any atom is -0.483 e. The maximum absolute atomic E-state index is 12.3. The summed E-state index contributed by atoms with van der Waals surface area (Å²) in [5.41, 5.74) is 0.850. The zero-order valence-electron chi connectivity index (χ0n) is 18.6. The molecule has 2 aliphatic rings. The minimum absolute atomic E-state index is 0.0157. The van der Waals surface area contributed by atoms with Gasteiger partial charge in [-0.3, -0.25) is 9.59 Å². The number of nitrogens with one attached hydrogen (secondary N) is 1. The summed E-state index contributed by atoms with van der Waals surface area (Å²) in [6.07, 6.45) is 7.35. The third-order valence-corrected chi connectivity index (χ3v) is 5.86. The average molecular weight is 439 g/mol. The van der Waals surface area contributed by atoms with Gasteiger partial charge in [0.25, 0.3) is 5.91 Å². The predicted molar refractivity (Wildman–Crippen MR) is 120 cm³/mol. The van der Waals surface area contributed by atoms with Crippen LogP contribution in [0.4, 0.5) is 0 Å². The highest BCUT2D eigenvalue weighted by Crippen LogP contribution is 2.41. The molecule has 2 amide bonds. The standard InChI is InChI=1S/C25H30N2O5/c1-25(2)15-19-5-3-7-21(24(19)32-25)31-17-22(28)26-16-18-10-12-27(13-11-18)23(29)9-8-20-6-4-14-30-20/h3-9,14,18H,10-13,15-17H2,1-2H3,(H,26,28)/b9-8+. The second-order valence-corrected chi connectivity index (χ2v) is 8.99. The van der Waals surface area contributed by atoms with E-state index in [2.05, 4.69) is 5.32 Å². The molecule has 3 heterocycles. The highest BCUT2D eigenvalue weighted by atomic mass is 16.5. The van der Waals surface area contributed by atoms with E-state index in [-0.39, 0.29) is 24.0 Å². The number of benzene rings is 1. The number of piperidine rings is 1. The number of carbonyl (C=O) groups excluding carboxylic acids is 2. The Hall–Kier alpha value is -3.22. The lowest BCUT2D eigenvalue weighted by atomic mass is 9.96. The van der Waals surface area contributed by atoms with Crippen molar-refractivity contribution in [1.29, 1.82) is 0 Å². The average Bonchev–Trinajstić information content (AvgIpc) is 3.41. The van der Waals surface area contributed by atoms with Crippen LogP contribution < -0.4 is 14.8 Å². The number of nitrogens with zero attached hydrogens (tertiary/aromatic N) is 1. The lowest BCUT2D eigenvalue weighted by Crippen LogP contribution is -2.41. The molecule has 7 heteroatoms. The van der Waals surface area contributed by atoms with Crippen molar-refractivity contribution >= 4 is 17.9 Å². The summed E-state index contributed by atoms with van der Waals surface area (Å²) in [4.78, 5) is 26.4. The molecule has 4 rings (SSSR count). The molecule has 1 N–H and O–H groups in total. The normalized spacial score (nSPS) is 17.8. The Morgan fingerprint density at radius 3 is 2.78 bits per heavy atom. The summed E-state index contributed by atoms with van der Waals surface area (Å²) < 4.78 is 16.9. The molecular weight excluding hydrogens is 408 g/mol. The maximum atomic E-state index is 12.3. The topological polar surface area (TPSA) is 81.0 Å². The fourth-order valence-electron chi connectivity index (χ4n) is 4.16. The van der Waals surface area contributed by atoms with Gasteiger partial charge < -0.3 is 24.1 Å². The molecule has 0 bridgehead atoms. The lowest BCUT2D eigenvalue weighted by molar-refractivity contribution is -0.128. The Kier molecular flexibility index (Phi) is 6.53. The molecule has 1 fully saturated rings. The van der Waals surface area contributed by atoms with Crippen LogP contribution in [0.3, 0.4) is 0 Å². The number of hydrogen-bond donors (Lipinski definition) is 1. The van der Waals surface area contributed by atoms with Gasteiger partial charge >= 0.3 is 0 Å². The fourth-order valence-corrected chi connectivity index (χ4v) is 4.16. The van der Waals surface area contributed by atoms with Gasteiger partial charge in [-0.05, 0) is 56.9 Å². The first-order valence-electron chi connectivity index (χ1n) is 11.1. The molecule has 170 valence electrons. The molecule has 0 unspecified atom stereocenters. The van der Waals surface area contributed by atoms with Gasteiger partial charge in [0.1, 0.15) is 11.4 Å².